The van der Waals surface area contributed by atoms with Crippen LogP contribution in [0.5, 0.6) is 5.75 Å². The van der Waals surface area contributed by atoms with Gasteiger partial charge in [-0.05, 0) is 12.5 Å². The van der Waals surface area contributed by atoms with Gasteiger partial charge in [-0.1, -0.05) is 29.8 Å². The number of aromatic nitrogens is 2. The summed E-state index contributed by atoms with van der Waals surface area (Å²) in [4.78, 5) is 0. The monoisotopic (exact) mass is 202 g/mol. The molecule has 1 aromatic carbocycles. The normalized spacial score (nSPS) is 10.2. The molecule has 0 aliphatic heterocycles. The summed E-state index contributed by atoms with van der Waals surface area (Å²) in [6.07, 6.45) is 4.35. The van der Waals surface area contributed by atoms with Crippen molar-refractivity contribution in [3.8, 4) is 5.75 Å². The second-order valence-electron chi connectivity index (χ2n) is 3.52. The van der Waals surface area contributed by atoms with E-state index >= 15 is 0 Å². The van der Waals surface area contributed by atoms with Gasteiger partial charge in [-0.25, -0.2) is 0 Å². The average molecular weight is 202 g/mol. The molecule has 0 saturated carbocycles. The number of nitrogens with one attached hydrogen (secondary N) is 1. The first-order valence-electron chi connectivity index (χ1n) is 5.02. The van der Waals surface area contributed by atoms with Crippen LogP contribution in [0.1, 0.15) is 11.1 Å². The Bertz CT molecular complexity index is 409. The Morgan fingerprint density at radius 1 is 1.40 bits per heavy atom. The van der Waals surface area contributed by atoms with Gasteiger partial charge in [0.05, 0.1) is 19.0 Å². The molecule has 0 radical (unpaired) electrons. The molecule has 78 valence electrons. The SMILES string of the molecule is Cc1cccc(CCOc2cn[nH]c2)c1. The van der Waals surface area contributed by atoms with E-state index in [1.807, 2.05) is 0 Å². The summed E-state index contributed by atoms with van der Waals surface area (Å²) in [5.41, 5.74) is 2.59. The van der Waals surface area contributed by atoms with Crippen LogP contribution >= 0.6 is 0 Å². The first-order valence-corrected chi connectivity index (χ1v) is 5.02. The van der Waals surface area contributed by atoms with E-state index in [4.69, 9.17) is 4.74 Å². The molecule has 0 aliphatic rings. The lowest BCUT2D eigenvalue weighted by Crippen LogP contribution is -2.00. The standard InChI is InChI=1S/C12H14N2O/c1-10-3-2-4-11(7-10)5-6-15-12-8-13-14-9-12/h2-4,7-9H,5-6H2,1H3,(H,13,14). The highest BCUT2D eigenvalue weighted by molar-refractivity contribution is 5.22. The zero-order chi connectivity index (χ0) is 10.5. The van der Waals surface area contributed by atoms with E-state index in [0.29, 0.717) is 6.61 Å². The van der Waals surface area contributed by atoms with Crippen molar-refractivity contribution in [3.05, 3.63) is 47.8 Å². The van der Waals surface area contributed by atoms with Crippen molar-refractivity contribution in [3.63, 3.8) is 0 Å². The highest BCUT2D eigenvalue weighted by Crippen LogP contribution is 2.08. The highest BCUT2D eigenvalue weighted by atomic mass is 16.5. The topological polar surface area (TPSA) is 37.9 Å². The first-order chi connectivity index (χ1) is 7.34. The van der Waals surface area contributed by atoms with Gasteiger partial charge >= 0.3 is 0 Å². The highest BCUT2D eigenvalue weighted by Gasteiger charge is 1.96. The summed E-state index contributed by atoms with van der Waals surface area (Å²) in [5, 5.41) is 6.52. The summed E-state index contributed by atoms with van der Waals surface area (Å²) in [6, 6.07) is 8.47. The van der Waals surface area contributed by atoms with Crippen molar-refractivity contribution in [2.45, 2.75) is 13.3 Å². The van der Waals surface area contributed by atoms with Gasteiger partial charge in [0, 0.05) is 6.42 Å². The minimum Gasteiger partial charge on any atom is -0.490 e. The van der Waals surface area contributed by atoms with Crippen LogP contribution in [0.3, 0.4) is 0 Å². The van der Waals surface area contributed by atoms with Crippen LogP contribution in [0.15, 0.2) is 36.7 Å². The van der Waals surface area contributed by atoms with Gasteiger partial charge in [0.2, 0.25) is 0 Å². The fourth-order valence-electron chi connectivity index (χ4n) is 1.47. The van der Waals surface area contributed by atoms with Crippen molar-refractivity contribution in [1.82, 2.24) is 10.2 Å². The number of benzene rings is 1. The van der Waals surface area contributed by atoms with E-state index in [-0.39, 0.29) is 0 Å². The molecule has 3 nitrogen and oxygen atoms in total. The molecule has 1 heterocycles. The Hall–Kier alpha value is -1.77. The Kier molecular flexibility index (Phi) is 3.02. The van der Waals surface area contributed by atoms with Crippen molar-refractivity contribution in [1.29, 1.82) is 0 Å². The quantitative estimate of drug-likeness (QED) is 0.826. The molecule has 0 atom stereocenters. The van der Waals surface area contributed by atoms with Crippen molar-refractivity contribution < 1.29 is 4.74 Å². The molecule has 0 bridgehead atoms. The predicted molar refractivity (Wildman–Crippen MR) is 59.0 cm³/mol. The van der Waals surface area contributed by atoms with Gasteiger partial charge in [0.15, 0.2) is 5.75 Å². The van der Waals surface area contributed by atoms with Crippen molar-refractivity contribution in [2.24, 2.45) is 0 Å². The van der Waals surface area contributed by atoms with Gasteiger partial charge in [-0.2, -0.15) is 5.10 Å². The first kappa shape index (κ1) is 9.77. The number of nitrogens with zero attached hydrogens (tertiary/aromatic N) is 1. The number of aromatic amines is 1. The van der Waals surface area contributed by atoms with Gasteiger partial charge in [0.1, 0.15) is 0 Å². The van der Waals surface area contributed by atoms with Crippen LogP contribution in [0.2, 0.25) is 0 Å². The van der Waals surface area contributed by atoms with Crippen LogP contribution in [0.4, 0.5) is 0 Å². The predicted octanol–water partition coefficient (Wildman–Crippen LogP) is 2.34. The molecule has 0 saturated heterocycles. The van der Waals surface area contributed by atoms with Crippen LogP contribution in [0, 0.1) is 6.92 Å². The third-order valence-corrected chi connectivity index (χ3v) is 2.22. The molecule has 0 fully saturated rings. The van der Waals surface area contributed by atoms with E-state index in [1.165, 1.54) is 11.1 Å². The van der Waals surface area contributed by atoms with Gasteiger partial charge in [-0.15, -0.1) is 0 Å². The van der Waals surface area contributed by atoms with Crippen LogP contribution in [-0.2, 0) is 6.42 Å². The van der Waals surface area contributed by atoms with E-state index in [2.05, 4.69) is 41.4 Å². The third kappa shape index (κ3) is 2.84. The smallest absolute Gasteiger partial charge is 0.156 e. The van der Waals surface area contributed by atoms with Crippen LogP contribution in [-0.4, -0.2) is 16.8 Å². The fraction of sp³-hybridized carbons (Fsp3) is 0.250. The molecule has 0 unspecified atom stereocenters. The Labute approximate surface area is 89.1 Å². The number of ether oxygens (including phenoxy) is 1. The number of rotatable bonds is 4. The van der Waals surface area contributed by atoms with Crippen LogP contribution in [0.25, 0.3) is 0 Å². The Balaban J connectivity index is 1.83. The average Bonchev–Trinajstić information content (AvgIpc) is 2.71. The van der Waals surface area contributed by atoms with Gasteiger partial charge < -0.3 is 4.74 Å². The van der Waals surface area contributed by atoms with Gasteiger partial charge in [-0.3, -0.25) is 5.10 Å². The lowest BCUT2D eigenvalue weighted by Gasteiger charge is -2.03. The molecule has 1 N–H and O–H groups in total. The zero-order valence-corrected chi connectivity index (χ0v) is 8.73. The molecular weight excluding hydrogens is 188 g/mol. The maximum Gasteiger partial charge on any atom is 0.156 e. The molecule has 0 aliphatic carbocycles. The largest absolute Gasteiger partial charge is 0.490 e. The molecule has 2 rings (SSSR count). The minimum absolute atomic E-state index is 0.684. The zero-order valence-electron chi connectivity index (χ0n) is 8.73. The summed E-state index contributed by atoms with van der Waals surface area (Å²) in [7, 11) is 0. The van der Waals surface area contributed by atoms with Crippen molar-refractivity contribution >= 4 is 0 Å². The summed E-state index contributed by atoms with van der Waals surface area (Å²) in [5.74, 6) is 0.794. The van der Waals surface area contributed by atoms with Gasteiger partial charge in [0.25, 0.3) is 0 Å². The molecule has 2 aromatic rings. The summed E-state index contributed by atoms with van der Waals surface area (Å²) >= 11 is 0. The number of H-pyrrole nitrogens is 1. The molecular formula is C12H14N2O. The van der Waals surface area contributed by atoms with Crippen molar-refractivity contribution in [2.75, 3.05) is 6.61 Å². The van der Waals surface area contributed by atoms with E-state index in [1.54, 1.807) is 12.4 Å². The van der Waals surface area contributed by atoms with Crippen LogP contribution < -0.4 is 4.74 Å². The maximum atomic E-state index is 5.50. The molecule has 0 spiro atoms. The Morgan fingerprint density at radius 2 is 2.33 bits per heavy atom. The third-order valence-electron chi connectivity index (χ3n) is 2.22. The summed E-state index contributed by atoms with van der Waals surface area (Å²) in [6.45, 7) is 2.78. The Morgan fingerprint density at radius 3 is 3.07 bits per heavy atom. The number of aryl methyl sites for hydroxylation is 1. The molecule has 15 heavy (non-hydrogen) atoms. The maximum absolute atomic E-state index is 5.50. The summed E-state index contributed by atoms with van der Waals surface area (Å²) < 4.78 is 5.50. The minimum atomic E-state index is 0.684. The second kappa shape index (κ2) is 4.64. The lowest BCUT2D eigenvalue weighted by atomic mass is 10.1. The van der Waals surface area contributed by atoms with E-state index in [0.717, 1.165) is 12.2 Å². The van der Waals surface area contributed by atoms with E-state index < -0.39 is 0 Å². The second-order valence-corrected chi connectivity index (χ2v) is 3.52. The number of hydrogen-bond donors (Lipinski definition) is 1. The van der Waals surface area contributed by atoms with E-state index in [9.17, 15) is 0 Å². The lowest BCUT2D eigenvalue weighted by molar-refractivity contribution is 0.322. The molecule has 1 aromatic heterocycles. The number of hydrogen-bond acceptors (Lipinski definition) is 2. The molecule has 0 amide bonds. The molecule has 3 heteroatoms. The fourth-order valence-corrected chi connectivity index (χ4v) is 1.47.